The molecule has 2 aromatic rings. The first-order chi connectivity index (χ1) is 9.29. The van der Waals surface area contributed by atoms with Crippen molar-refractivity contribution in [3.8, 4) is 10.4 Å². The van der Waals surface area contributed by atoms with Gasteiger partial charge in [-0.15, -0.1) is 11.3 Å². The standard InChI is InChI=1S/C15H16N2OS/c16-7-8-17-15(18)13-9-11-6-5-10-3-1-2-4-12(10)14(11)19-13/h1-4,9H,5-8,16H2,(H,17,18). The highest BCUT2D eigenvalue weighted by Crippen LogP contribution is 2.39. The van der Waals surface area contributed by atoms with Gasteiger partial charge >= 0.3 is 0 Å². The van der Waals surface area contributed by atoms with Crippen molar-refractivity contribution < 1.29 is 4.79 Å². The van der Waals surface area contributed by atoms with Gasteiger partial charge in [-0.05, 0) is 35.6 Å². The van der Waals surface area contributed by atoms with Crippen molar-refractivity contribution in [1.82, 2.24) is 5.32 Å². The lowest BCUT2D eigenvalue weighted by Gasteiger charge is -2.15. The Labute approximate surface area is 116 Å². The number of benzene rings is 1. The highest BCUT2D eigenvalue weighted by Gasteiger charge is 2.20. The molecule has 3 N–H and O–H groups in total. The average Bonchev–Trinajstić information content (AvgIpc) is 2.89. The smallest absolute Gasteiger partial charge is 0.261 e. The molecule has 3 nitrogen and oxygen atoms in total. The molecular formula is C15H16N2OS. The fourth-order valence-corrected chi connectivity index (χ4v) is 3.64. The van der Waals surface area contributed by atoms with Crippen LogP contribution in [0.15, 0.2) is 30.3 Å². The molecule has 4 heteroatoms. The van der Waals surface area contributed by atoms with Gasteiger partial charge in [0.05, 0.1) is 4.88 Å². The molecule has 1 aliphatic rings. The number of carbonyl (C=O) groups excluding carboxylic acids is 1. The Kier molecular flexibility index (Phi) is 3.36. The Bertz CT molecular complexity index is 618. The van der Waals surface area contributed by atoms with Gasteiger partial charge in [0, 0.05) is 18.0 Å². The van der Waals surface area contributed by atoms with Gasteiger partial charge in [0.2, 0.25) is 0 Å². The maximum absolute atomic E-state index is 12.0. The van der Waals surface area contributed by atoms with Gasteiger partial charge in [0.1, 0.15) is 0 Å². The minimum Gasteiger partial charge on any atom is -0.350 e. The third-order valence-electron chi connectivity index (χ3n) is 3.39. The van der Waals surface area contributed by atoms with Crippen LogP contribution in [0.4, 0.5) is 0 Å². The predicted molar refractivity (Wildman–Crippen MR) is 78.6 cm³/mol. The van der Waals surface area contributed by atoms with E-state index >= 15 is 0 Å². The third-order valence-corrected chi connectivity index (χ3v) is 4.60. The van der Waals surface area contributed by atoms with Crippen molar-refractivity contribution in [2.75, 3.05) is 13.1 Å². The zero-order chi connectivity index (χ0) is 13.2. The first-order valence-electron chi connectivity index (χ1n) is 6.49. The second kappa shape index (κ2) is 5.15. The second-order valence-corrected chi connectivity index (χ2v) is 5.72. The fourth-order valence-electron chi connectivity index (χ4n) is 2.46. The van der Waals surface area contributed by atoms with E-state index in [0.717, 1.165) is 17.7 Å². The van der Waals surface area contributed by atoms with Crippen LogP contribution in [0.25, 0.3) is 10.4 Å². The molecule has 0 aliphatic heterocycles. The fraction of sp³-hybridized carbons (Fsp3) is 0.267. The maximum Gasteiger partial charge on any atom is 0.261 e. The molecule has 1 aromatic carbocycles. The molecule has 1 aromatic heterocycles. The lowest BCUT2D eigenvalue weighted by Crippen LogP contribution is -2.28. The molecule has 0 saturated heterocycles. The van der Waals surface area contributed by atoms with E-state index < -0.39 is 0 Å². The monoisotopic (exact) mass is 272 g/mol. The van der Waals surface area contributed by atoms with Crippen LogP contribution in [0.5, 0.6) is 0 Å². The second-order valence-electron chi connectivity index (χ2n) is 4.67. The lowest BCUT2D eigenvalue weighted by atomic mass is 9.91. The number of amides is 1. The normalized spacial score (nSPS) is 12.7. The first-order valence-corrected chi connectivity index (χ1v) is 7.30. The molecule has 19 heavy (non-hydrogen) atoms. The molecule has 0 bridgehead atoms. The van der Waals surface area contributed by atoms with Crippen LogP contribution in [-0.2, 0) is 12.8 Å². The van der Waals surface area contributed by atoms with Crippen molar-refractivity contribution >= 4 is 17.2 Å². The first kappa shape index (κ1) is 12.4. The van der Waals surface area contributed by atoms with E-state index in [0.29, 0.717) is 13.1 Å². The van der Waals surface area contributed by atoms with E-state index in [4.69, 9.17) is 5.73 Å². The minimum atomic E-state index is -0.0117. The summed E-state index contributed by atoms with van der Waals surface area (Å²) in [6, 6.07) is 10.5. The summed E-state index contributed by atoms with van der Waals surface area (Å²) in [6.07, 6.45) is 2.08. The van der Waals surface area contributed by atoms with Crippen LogP contribution >= 0.6 is 11.3 Å². The van der Waals surface area contributed by atoms with Crippen molar-refractivity contribution in [2.45, 2.75) is 12.8 Å². The van der Waals surface area contributed by atoms with Crippen molar-refractivity contribution in [3.63, 3.8) is 0 Å². The van der Waals surface area contributed by atoms with Crippen LogP contribution in [0.2, 0.25) is 0 Å². The molecule has 0 fully saturated rings. The number of hydrogen-bond acceptors (Lipinski definition) is 3. The summed E-state index contributed by atoms with van der Waals surface area (Å²) in [6.45, 7) is 0.998. The number of fused-ring (bicyclic) bond motifs is 3. The van der Waals surface area contributed by atoms with Crippen LogP contribution in [0.3, 0.4) is 0 Å². The number of carbonyl (C=O) groups is 1. The molecule has 0 saturated carbocycles. The molecule has 98 valence electrons. The number of thiophene rings is 1. The van der Waals surface area contributed by atoms with E-state index in [1.54, 1.807) is 11.3 Å². The summed E-state index contributed by atoms with van der Waals surface area (Å²) >= 11 is 1.58. The third kappa shape index (κ3) is 2.29. The Morgan fingerprint density at radius 1 is 1.26 bits per heavy atom. The maximum atomic E-state index is 12.0. The molecule has 0 radical (unpaired) electrons. The zero-order valence-electron chi connectivity index (χ0n) is 10.6. The van der Waals surface area contributed by atoms with E-state index in [-0.39, 0.29) is 5.91 Å². The Hall–Kier alpha value is -1.65. The number of nitrogens with one attached hydrogen (secondary N) is 1. The predicted octanol–water partition coefficient (Wildman–Crippen LogP) is 2.20. The zero-order valence-corrected chi connectivity index (χ0v) is 11.4. The molecule has 0 atom stereocenters. The Morgan fingerprint density at radius 3 is 2.89 bits per heavy atom. The number of hydrogen-bond donors (Lipinski definition) is 2. The summed E-state index contributed by atoms with van der Waals surface area (Å²) in [4.78, 5) is 14.0. The highest BCUT2D eigenvalue weighted by atomic mass is 32.1. The molecule has 0 spiro atoms. The number of aryl methyl sites for hydroxylation is 2. The van der Waals surface area contributed by atoms with Gasteiger partial charge in [-0.2, -0.15) is 0 Å². The van der Waals surface area contributed by atoms with E-state index in [1.165, 1.54) is 21.6 Å². The SMILES string of the molecule is NCCNC(=O)c1cc2c(s1)-c1ccccc1CC2. The van der Waals surface area contributed by atoms with Gasteiger partial charge < -0.3 is 11.1 Å². The molecule has 3 rings (SSSR count). The van der Waals surface area contributed by atoms with Gasteiger partial charge in [-0.25, -0.2) is 0 Å². The van der Waals surface area contributed by atoms with E-state index in [1.807, 2.05) is 6.07 Å². The number of nitrogens with two attached hydrogens (primary N) is 1. The Morgan fingerprint density at radius 2 is 2.05 bits per heavy atom. The summed E-state index contributed by atoms with van der Waals surface area (Å²) in [5, 5.41) is 2.83. The minimum absolute atomic E-state index is 0.0117. The molecule has 0 unspecified atom stereocenters. The summed E-state index contributed by atoms with van der Waals surface area (Å²) in [7, 11) is 0. The van der Waals surface area contributed by atoms with Gasteiger partial charge in [-0.3, -0.25) is 4.79 Å². The van der Waals surface area contributed by atoms with Crippen molar-refractivity contribution in [2.24, 2.45) is 5.73 Å². The van der Waals surface area contributed by atoms with Crippen LogP contribution in [0, 0.1) is 0 Å². The lowest BCUT2D eigenvalue weighted by molar-refractivity contribution is 0.0958. The van der Waals surface area contributed by atoms with Gasteiger partial charge in [0.25, 0.3) is 5.91 Å². The van der Waals surface area contributed by atoms with E-state index in [9.17, 15) is 4.79 Å². The largest absolute Gasteiger partial charge is 0.350 e. The van der Waals surface area contributed by atoms with E-state index in [2.05, 4.69) is 29.6 Å². The summed E-state index contributed by atoms with van der Waals surface area (Å²) in [5.41, 5.74) is 9.36. The average molecular weight is 272 g/mol. The highest BCUT2D eigenvalue weighted by molar-refractivity contribution is 7.17. The molecule has 1 amide bonds. The van der Waals surface area contributed by atoms with Gasteiger partial charge in [0.15, 0.2) is 0 Å². The van der Waals surface area contributed by atoms with Gasteiger partial charge in [-0.1, -0.05) is 24.3 Å². The number of rotatable bonds is 3. The van der Waals surface area contributed by atoms with Crippen LogP contribution in [0.1, 0.15) is 20.8 Å². The Balaban J connectivity index is 1.94. The molecule has 1 heterocycles. The van der Waals surface area contributed by atoms with Crippen molar-refractivity contribution in [3.05, 3.63) is 46.3 Å². The summed E-state index contributed by atoms with van der Waals surface area (Å²) in [5.74, 6) is -0.0117. The molecular weight excluding hydrogens is 256 g/mol. The topological polar surface area (TPSA) is 55.1 Å². The van der Waals surface area contributed by atoms with Crippen molar-refractivity contribution in [1.29, 1.82) is 0 Å². The summed E-state index contributed by atoms with van der Waals surface area (Å²) < 4.78 is 0. The quantitative estimate of drug-likeness (QED) is 0.900. The molecule has 1 aliphatic carbocycles. The van der Waals surface area contributed by atoms with Crippen LogP contribution < -0.4 is 11.1 Å². The van der Waals surface area contributed by atoms with Crippen LogP contribution in [-0.4, -0.2) is 19.0 Å².